The second-order valence-corrected chi connectivity index (χ2v) is 6.78. The van der Waals surface area contributed by atoms with Gasteiger partial charge in [0.2, 0.25) is 5.13 Å². The maximum absolute atomic E-state index is 10.5. The number of hydrogen-bond donors (Lipinski definition) is 1. The van der Waals surface area contributed by atoms with Gasteiger partial charge in [-0.1, -0.05) is 18.2 Å². The molecule has 0 bridgehead atoms. The van der Waals surface area contributed by atoms with Crippen molar-refractivity contribution in [1.29, 1.82) is 0 Å². The summed E-state index contributed by atoms with van der Waals surface area (Å²) in [6.45, 7) is 3.34. The second kappa shape index (κ2) is 5.86. The first-order chi connectivity index (χ1) is 11.2. The smallest absolute Gasteiger partial charge is 0.205 e. The third kappa shape index (κ3) is 2.80. The Balaban J connectivity index is 1.56. The summed E-state index contributed by atoms with van der Waals surface area (Å²) in [5.74, 6) is 0.994. The lowest BCUT2D eigenvalue weighted by atomic mass is 9.94. The Hall–Kier alpha value is -2.05. The molecule has 4 rings (SSSR count). The number of nitrogens with zero attached hydrogens (tertiary/aromatic N) is 4. The molecular weight excluding hydrogens is 308 g/mol. The predicted molar refractivity (Wildman–Crippen MR) is 91.8 cm³/mol. The van der Waals surface area contributed by atoms with Gasteiger partial charge in [-0.15, -0.1) is 0 Å². The number of β-amino-alcohol motifs (C(OH)–C–C–N with tert-alkyl or cyclic N) is 1. The summed E-state index contributed by atoms with van der Waals surface area (Å²) in [6, 6.07) is 10.2. The van der Waals surface area contributed by atoms with E-state index in [2.05, 4.69) is 31.4 Å². The topological polar surface area (TPSA) is 62.1 Å². The molecule has 0 saturated carbocycles. The first-order valence-electron chi connectivity index (χ1n) is 7.76. The summed E-state index contributed by atoms with van der Waals surface area (Å²) >= 11 is 1.40. The predicted octanol–water partition coefficient (Wildman–Crippen LogP) is 2.43. The van der Waals surface area contributed by atoms with Gasteiger partial charge >= 0.3 is 0 Å². The van der Waals surface area contributed by atoms with Crippen molar-refractivity contribution in [2.24, 2.45) is 5.92 Å². The molecule has 118 valence electrons. The number of aromatic nitrogens is 3. The van der Waals surface area contributed by atoms with Crippen molar-refractivity contribution < 1.29 is 5.11 Å². The molecule has 3 aromatic rings. The molecule has 1 aliphatic rings. The molecule has 3 heterocycles. The van der Waals surface area contributed by atoms with Gasteiger partial charge in [0.05, 0.1) is 11.6 Å². The van der Waals surface area contributed by atoms with Gasteiger partial charge < -0.3 is 10.0 Å². The highest BCUT2D eigenvalue weighted by Crippen LogP contribution is 2.29. The first kappa shape index (κ1) is 14.5. The zero-order valence-corrected chi connectivity index (χ0v) is 13.7. The summed E-state index contributed by atoms with van der Waals surface area (Å²) in [4.78, 5) is 11.0. The number of benzene rings is 1. The Morgan fingerprint density at radius 1 is 1.26 bits per heavy atom. The number of aliphatic hydroxyl groups is 1. The summed E-state index contributed by atoms with van der Waals surface area (Å²) in [6.07, 6.45) is 2.36. The number of anilines is 1. The minimum atomic E-state index is -0.342. The van der Waals surface area contributed by atoms with Crippen LogP contribution in [0.5, 0.6) is 0 Å². The fourth-order valence-corrected chi connectivity index (χ4v) is 3.93. The molecule has 0 unspecified atom stereocenters. The Kier molecular flexibility index (Phi) is 3.71. The van der Waals surface area contributed by atoms with E-state index in [-0.39, 0.29) is 12.0 Å². The van der Waals surface area contributed by atoms with Crippen LogP contribution < -0.4 is 4.90 Å². The van der Waals surface area contributed by atoms with E-state index in [4.69, 9.17) is 0 Å². The van der Waals surface area contributed by atoms with Crippen molar-refractivity contribution in [3.63, 3.8) is 0 Å². The molecule has 0 radical (unpaired) electrons. The highest BCUT2D eigenvalue weighted by molar-refractivity contribution is 7.09. The molecule has 0 spiro atoms. The maximum Gasteiger partial charge on any atom is 0.205 e. The fourth-order valence-electron chi connectivity index (χ4n) is 3.24. The van der Waals surface area contributed by atoms with Gasteiger partial charge in [0.15, 0.2) is 0 Å². The van der Waals surface area contributed by atoms with E-state index < -0.39 is 0 Å². The average molecular weight is 326 g/mol. The van der Waals surface area contributed by atoms with E-state index in [9.17, 15) is 5.11 Å². The lowest BCUT2D eigenvalue weighted by Crippen LogP contribution is -2.20. The third-order valence-corrected chi connectivity index (χ3v) is 5.28. The van der Waals surface area contributed by atoms with Crippen molar-refractivity contribution in [3.8, 4) is 0 Å². The zero-order valence-electron chi connectivity index (χ0n) is 12.9. The zero-order chi connectivity index (χ0) is 15.8. The fraction of sp³-hybridized carbons (Fsp3) is 0.353. The SMILES string of the molecule is Cc1nsc(N2C[C@@H](Cc3ccnc4ccccc34)[C@H](O)C2)n1. The molecule has 1 fully saturated rings. The van der Waals surface area contributed by atoms with Crippen LogP contribution in [0.1, 0.15) is 11.4 Å². The minimum absolute atomic E-state index is 0.199. The first-order valence-corrected chi connectivity index (χ1v) is 8.54. The van der Waals surface area contributed by atoms with Crippen molar-refractivity contribution in [1.82, 2.24) is 14.3 Å². The number of aryl methyl sites for hydroxylation is 1. The lowest BCUT2D eigenvalue weighted by Gasteiger charge is -2.15. The Bertz CT molecular complexity index is 829. The summed E-state index contributed by atoms with van der Waals surface area (Å²) in [7, 11) is 0. The van der Waals surface area contributed by atoms with Crippen molar-refractivity contribution in [3.05, 3.63) is 47.9 Å². The monoisotopic (exact) mass is 326 g/mol. The maximum atomic E-state index is 10.5. The van der Waals surface area contributed by atoms with Crippen LogP contribution in [-0.4, -0.2) is 38.6 Å². The van der Waals surface area contributed by atoms with E-state index in [0.717, 1.165) is 29.4 Å². The quantitative estimate of drug-likeness (QED) is 0.801. The molecule has 6 heteroatoms. The van der Waals surface area contributed by atoms with Crippen LogP contribution in [-0.2, 0) is 6.42 Å². The van der Waals surface area contributed by atoms with Crippen molar-refractivity contribution in [2.75, 3.05) is 18.0 Å². The summed E-state index contributed by atoms with van der Waals surface area (Å²) in [5, 5.41) is 12.5. The molecule has 0 amide bonds. The minimum Gasteiger partial charge on any atom is -0.391 e. The Morgan fingerprint density at radius 2 is 2.13 bits per heavy atom. The van der Waals surface area contributed by atoms with Gasteiger partial charge in [-0.2, -0.15) is 4.37 Å². The molecule has 1 aromatic carbocycles. The van der Waals surface area contributed by atoms with Gasteiger partial charge in [-0.25, -0.2) is 4.98 Å². The standard InChI is InChI=1S/C17H18N4OS/c1-11-19-17(23-20-11)21-9-13(16(22)10-21)8-12-6-7-18-15-5-3-2-4-14(12)15/h2-7,13,16,22H,8-10H2,1H3/t13-,16-/m1/s1. The largest absolute Gasteiger partial charge is 0.391 e. The van der Waals surface area contributed by atoms with E-state index in [1.54, 1.807) is 0 Å². The van der Waals surface area contributed by atoms with Crippen LogP contribution in [0.15, 0.2) is 36.5 Å². The average Bonchev–Trinajstić information content (AvgIpc) is 3.14. The Labute approximate surface area is 138 Å². The van der Waals surface area contributed by atoms with Crippen LogP contribution >= 0.6 is 11.5 Å². The van der Waals surface area contributed by atoms with Crippen LogP contribution in [0.3, 0.4) is 0 Å². The second-order valence-electron chi connectivity index (χ2n) is 6.05. The molecular formula is C17H18N4OS. The van der Waals surface area contributed by atoms with Gasteiger partial charge in [0, 0.05) is 42.1 Å². The lowest BCUT2D eigenvalue weighted by molar-refractivity contribution is 0.148. The number of para-hydroxylation sites is 1. The van der Waals surface area contributed by atoms with E-state index in [1.807, 2.05) is 31.3 Å². The van der Waals surface area contributed by atoms with Crippen molar-refractivity contribution in [2.45, 2.75) is 19.4 Å². The number of rotatable bonds is 3. The van der Waals surface area contributed by atoms with Gasteiger partial charge in [-0.3, -0.25) is 4.98 Å². The Morgan fingerprint density at radius 3 is 2.96 bits per heavy atom. The van der Waals surface area contributed by atoms with Crippen LogP contribution in [0.25, 0.3) is 10.9 Å². The van der Waals surface area contributed by atoms with E-state index in [1.165, 1.54) is 22.5 Å². The van der Waals surface area contributed by atoms with E-state index >= 15 is 0 Å². The molecule has 2 atom stereocenters. The number of aliphatic hydroxyl groups excluding tert-OH is 1. The summed E-state index contributed by atoms with van der Waals surface area (Å²) < 4.78 is 4.24. The van der Waals surface area contributed by atoms with Crippen molar-refractivity contribution >= 4 is 27.6 Å². The molecule has 1 aliphatic heterocycles. The highest BCUT2D eigenvalue weighted by Gasteiger charge is 2.33. The molecule has 1 saturated heterocycles. The normalized spacial score (nSPS) is 21.2. The van der Waals surface area contributed by atoms with E-state index in [0.29, 0.717) is 6.54 Å². The molecule has 23 heavy (non-hydrogen) atoms. The molecule has 2 aromatic heterocycles. The van der Waals surface area contributed by atoms with Gasteiger partial charge in [0.25, 0.3) is 0 Å². The molecule has 5 nitrogen and oxygen atoms in total. The number of hydrogen-bond acceptors (Lipinski definition) is 6. The van der Waals surface area contributed by atoms with Crippen LogP contribution in [0.4, 0.5) is 5.13 Å². The third-order valence-electron chi connectivity index (χ3n) is 4.42. The summed E-state index contributed by atoms with van der Waals surface area (Å²) in [5.41, 5.74) is 2.25. The number of pyridine rings is 1. The van der Waals surface area contributed by atoms with Crippen LogP contribution in [0.2, 0.25) is 0 Å². The van der Waals surface area contributed by atoms with Gasteiger partial charge in [-0.05, 0) is 31.0 Å². The molecule has 0 aliphatic carbocycles. The van der Waals surface area contributed by atoms with Gasteiger partial charge in [0.1, 0.15) is 5.82 Å². The number of fused-ring (bicyclic) bond motifs is 1. The van der Waals surface area contributed by atoms with Crippen LogP contribution in [0, 0.1) is 12.8 Å². The highest BCUT2D eigenvalue weighted by atomic mass is 32.1. The molecule has 1 N–H and O–H groups in total.